The highest BCUT2D eigenvalue weighted by atomic mass is 32.2. The number of anilines is 1. The van der Waals surface area contributed by atoms with Crippen molar-refractivity contribution in [2.24, 2.45) is 0 Å². The number of nitrogens with one attached hydrogen (secondary N) is 1. The van der Waals surface area contributed by atoms with Gasteiger partial charge in [0.2, 0.25) is 5.91 Å². The molecule has 3 aromatic rings. The third kappa shape index (κ3) is 4.26. The molecule has 0 aliphatic rings. The number of para-hydroxylation sites is 3. The Kier molecular flexibility index (Phi) is 5.96. The van der Waals surface area contributed by atoms with Gasteiger partial charge < -0.3 is 10.1 Å². The van der Waals surface area contributed by atoms with Crippen molar-refractivity contribution in [2.75, 3.05) is 11.9 Å². The first-order chi connectivity index (χ1) is 12.7. The summed E-state index contributed by atoms with van der Waals surface area (Å²) < 4.78 is 7.54. The van der Waals surface area contributed by atoms with Gasteiger partial charge in [-0.15, -0.1) is 0 Å². The lowest BCUT2D eigenvalue weighted by Gasteiger charge is -2.15. The van der Waals surface area contributed by atoms with Crippen LogP contribution in [-0.2, 0) is 4.79 Å². The Balaban J connectivity index is 1.70. The molecule has 6 heteroatoms. The summed E-state index contributed by atoms with van der Waals surface area (Å²) in [6.07, 6.45) is 3.64. The lowest BCUT2D eigenvalue weighted by Crippen LogP contribution is -2.23. The van der Waals surface area contributed by atoms with E-state index >= 15 is 0 Å². The summed E-state index contributed by atoms with van der Waals surface area (Å²) in [5.74, 6) is 0.580. The van der Waals surface area contributed by atoms with Crippen LogP contribution < -0.4 is 10.1 Å². The van der Waals surface area contributed by atoms with Crippen molar-refractivity contribution >= 4 is 23.4 Å². The molecule has 1 atom stereocenters. The summed E-state index contributed by atoms with van der Waals surface area (Å²) in [5, 5.41) is 3.41. The number of imidazole rings is 1. The van der Waals surface area contributed by atoms with Crippen LogP contribution in [0.4, 0.5) is 5.69 Å². The SMILES string of the molecule is CCOc1ccccc1NC(=O)[C@H](C)Sc1nccn1-c1ccccc1. The lowest BCUT2D eigenvalue weighted by atomic mass is 10.3. The van der Waals surface area contributed by atoms with E-state index in [2.05, 4.69) is 10.3 Å². The van der Waals surface area contributed by atoms with Crippen LogP contribution in [0.25, 0.3) is 5.69 Å². The van der Waals surface area contributed by atoms with E-state index in [1.165, 1.54) is 11.8 Å². The van der Waals surface area contributed by atoms with Crippen LogP contribution in [0.3, 0.4) is 0 Å². The Morgan fingerprint density at radius 1 is 1.19 bits per heavy atom. The Morgan fingerprint density at radius 2 is 1.92 bits per heavy atom. The summed E-state index contributed by atoms with van der Waals surface area (Å²) >= 11 is 1.42. The van der Waals surface area contributed by atoms with E-state index in [1.807, 2.05) is 79.2 Å². The normalized spacial score (nSPS) is 11.8. The maximum Gasteiger partial charge on any atom is 0.237 e. The fourth-order valence-corrected chi connectivity index (χ4v) is 3.34. The molecule has 1 N–H and O–H groups in total. The van der Waals surface area contributed by atoms with E-state index in [-0.39, 0.29) is 11.2 Å². The molecule has 1 heterocycles. The third-order valence-corrected chi connectivity index (χ3v) is 4.82. The van der Waals surface area contributed by atoms with Gasteiger partial charge in [-0.25, -0.2) is 4.98 Å². The van der Waals surface area contributed by atoms with Crippen molar-refractivity contribution in [3.63, 3.8) is 0 Å². The number of benzene rings is 2. The number of thioether (sulfide) groups is 1. The molecule has 0 bridgehead atoms. The molecule has 0 saturated heterocycles. The van der Waals surface area contributed by atoms with Crippen LogP contribution in [0.5, 0.6) is 5.75 Å². The first-order valence-corrected chi connectivity index (χ1v) is 9.35. The zero-order valence-corrected chi connectivity index (χ0v) is 15.6. The average Bonchev–Trinajstić information content (AvgIpc) is 3.12. The summed E-state index contributed by atoms with van der Waals surface area (Å²) in [7, 11) is 0. The molecule has 0 unspecified atom stereocenters. The fraction of sp³-hybridized carbons (Fsp3) is 0.200. The first kappa shape index (κ1) is 18.1. The fourth-order valence-electron chi connectivity index (χ4n) is 2.46. The molecule has 1 amide bonds. The second-order valence-corrected chi connectivity index (χ2v) is 6.90. The van der Waals surface area contributed by atoms with Gasteiger partial charge in [0.1, 0.15) is 5.75 Å². The highest BCUT2D eigenvalue weighted by molar-refractivity contribution is 8.00. The molecule has 0 spiro atoms. The largest absolute Gasteiger partial charge is 0.492 e. The van der Waals surface area contributed by atoms with Gasteiger partial charge in [-0.1, -0.05) is 42.1 Å². The average molecular weight is 367 g/mol. The summed E-state index contributed by atoms with van der Waals surface area (Å²) in [4.78, 5) is 17.0. The van der Waals surface area contributed by atoms with E-state index < -0.39 is 0 Å². The second kappa shape index (κ2) is 8.58. The Bertz CT molecular complexity index is 864. The van der Waals surface area contributed by atoms with E-state index in [0.29, 0.717) is 18.0 Å². The van der Waals surface area contributed by atoms with Crippen molar-refractivity contribution < 1.29 is 9.53 Å². The quantitative estimate of drug-likeness (QED) is 0.629. The molecule has 5 nitrogen and oxygen atoms in total. The molecule has 0 radical (unpaired) electrons. The zero-order valence-electron chi connectivity index (χ0n) is 14.8. The number of carbonyl (C=O) groups excluding carboxylic acids is 1. The number of hydrogen-bond donors (Lipinski definition) is 1. The summed E-state index contributed by atoms with van der Waals surface area (Å²) in [5.41, 5.74) is 1.69. The molecule has 0 aliphatic heterocycles. The molecule has 0 aliphatic carbocycles. The third-order valence-electron chi connectivity index (χ3n) is 3.74. The van der Waals surface area contributed by atoms with E-state index in [4.69, 9.17) is 4.74 Å². The Hall–Kier alpha value is -2.73. The lowest BCUT2D eigenvalue weighted by molar-refractivity contribution is -0.115. The summed E-state index contributed by atoms with van der Waals surface area (Å²) in [6, 6.07) is 17.4. The van der Waals surface area contributed by atoms with Crippen molar-refractivity contribution in [3.8, 4) is 11.4 Å². The number of rotatable bonds is 7. The maximum atomic E-state index is 12.6. The number of hydrogen-bond acceptors (Lipinski definition) is 4. The van der Waals surface area contributed by atoms with Gasteiger partial charge in [-0.3, -0.25) is 9.36 Å². The molecule has 3 rings (SSSR count). The molecule has 134 valence electrons. The minimum Gasteiger partial charge on any atom is -0.492 e. The van der Waals surface area contributed by atoms with Crippen LogP contribution >= 0.6 is 11.8 Å². The van der Waals surface area contributed by atoms with Crippen LogP contribution in [0.2, 0.25) is 0 Å². The van der Waals surface area contributed by atoms with Crippen molar-refractivity contribution in [3.05, 3.63) is 67.0 Å². The molecule has 26 heavy (non-hydrogen) atoms. The predicted octanol–water partition coefficient (Wildman–Crippen LogP) is 4.39. The van der Waals surface area contributed by atoms with Crippen LogP contribution in [-0.4, -0.2) is 27.3 Å². The van der Waals surface area contributed by atoms with Gasteiger partial charge in [0, 0.05) is 18.1 Å². The minimum absolute atomic E-state index is 0.0928. The first-order valence-electron chi connectivity index (χ1n) is 8.47. The number of aromatic nitrogens is 2. The Morgan fingerprint density at radius 3 is 2.69 bits per heavy atom. The molecule has 2 aromatic carbocycles. The molecular weight excluding hydrogens is 346 g/mol. The molecular formula is C20H21N3O2S. The molecule has 0 saturated carbocycles. The summed E-state index contributed by atoms with van der Waals surface area (Å²) in [6.45, 7) is 4.33. The number of ether oxygens (including phenoxy) is 1. The van der Waals surface area contributed by atoms with E-state index in [1.54, 1.807) is 6.20 Å². The van der Waals surface area contributed by atoms with Crippen LogP contribution in [0.15, 0.2) is 72.1 Å². The van der Waals surface area contributed by atoms with Gasteiger partial charge in [0.25, 0.3) is 0 Å². The zero-order chi connectivity index (χ0) is 18.4. The topological polar surface area (TPSA) is 56.1 Å². The van der Waals surface area contributed by atoms with Gasteiger partial charge in [0.15, 0.2) is 5.16 Å². The second-order valence-electron chi connectivity index (χ2n) is 5.59. The molecule has 0 fully saturated rings. The van der Waals surface area contributed by atoms with Crippen molar-refractivity contribution in [1.82, 2.24) is 9.55 Å². The highest BCUT2D eigenvalue weighted by Crippen LogP contribution is 2.28. The minimum atomic E-state index is -0.311. The van der Waals surface area contributed by atoms with Gasteiger partial charge in [0.05, 0.1) is 17.5 Å². The number of carbonyl (C=O) groups is 1. The van der Waals surface area contributed by atoms with Gasteiger partial charge in [-0.05, 0) is 38.1 Å². The highest BCUT2D eigenvalue weighted by Gasteiger charge is 2.19. The van der Waals surface area contributed by atoms with Crippen LogP contribution in [0.1, 0.15) is 13.8 Å². The van der Waals surface area contributed by atoms with Crippen molar-refractivity contribution in [1.29, 1.82) is 0 Å². The number of amides is 1. The smallest absolute Gasteiger partial charge is 0.237 e. The van der Waals surface area contributed by atoms with E-state index in [9.17, 15) is 4.79 Å². The van der Waals surface area contributed by atoms with Crippen molar-refractivity contribution in [2.45, 2.75) is 24.3 Å². The van der Waals surface area contributed by atoms with Gasteiger partial charge >= 0.3 is 0 Å². The standard InChI is InChI=1S/C20H21N3O2S/c1-3-25-18-12-8-7-11-17(18)22-19(24)15(2)26-20-21-13-14-23(20)16-9-5-4-6-10-16/h4-15H,3H2,1-2H3,(H,22,24)/t15-/m0/s1. The van der Waals surface area contributed by atoms with Gasteiger partial charge in [-0.2, -0.15) is 0 Å². The number of nitrogens with zero attached hydrogens (tertiary/aromatic N) is 2. The predicted molar refractivity (Wildman–Crippen MR) is 105 cm³/mol. The molecule has 1 aromatic heterocycles. The monoisotopic (exact) mass is 367 g/mol. The Labute approximate surface area is 157 Å². The maximum absolute atomic E-state index is 12.6. The van der Waals surface area contributed by atoms with E-state index in [0.717, 1.165) is 10.8 Å². The van der Waals surface area contributed by atoms with Crippen LogP contribution in [0, 0.1) is 0 Å².